The standard InChI is InChI=1S/C15H15N5S/c1-3-16-15-18-9-7-11(20-15)13-10(2)19-14(21-13)12-6-4-5-8-17-12/h4-9H,3H2,1-2H3,(H,16,18,20). The van der Waals surface area contributed by atoms with Crippen LogP contribution in [0.1, 0.15) is 12.6 Å². The second-order valence-corrected chi connectivity index (χ2v) is 5.44. The van der Waals surface area contributed by atoms with Gasteiger partial charge in [-0.05, 0) is 32.0 Å². The van der Waals surface area contributed by atoms with E-state index in [0.717, 1.165) is 33.5 Å². The molecule has 0 spiro atoms. The molecule has 0 saturated heterocycles. The van der Waals surface area contributed by atoms with Crippen LogP contribution >= 0.6 is 11.3 Å². The molecule has 0 aromatic carbocycles. The largest absolute Gasteiger partial charge is 0.354 e. The molecule has 3 heterocycles. The molecule has 0 aliphatic carbocycles. The normalized spacial score (nSPS) is 10.6. The molecule has 0 atom stereocenters. The Bertz CT molecular complexity index is 739. The van der Waals surface area contributed by atoms with Crippen LogP contribution in [0.15, 0.2) is 36.7 Å². The first-order valence-electron chi connectivity index (χ1n) is 6.74. The molecule has 5 nitrogen and oxygen atoms in total. The van der Waals surface area contributed by atoms with Gasteiger partial charge in [-0.25, -0.2) is 15.0 Å². The molecule has 0 radical (unpaired) electrons. The van der Waals surface area contributed by atoms with Crippen LogP contribution in [0.2, 0.25) is 0 Å². The Morgan fingerprint density at radius 3 is 2.71 bits per heavy atom. The molecule has 1 N–H and O–H groups in total. The number of aryl methyl sites for hydroxylation is 1. The summed E-state index contributed by atoms with van der Waals surface area (Å²) >= 11 is 1.60. The number of nitrogens with zero attached hydrogens (tertiary/aromatic N) is 4. The lowest BCUT2D eigenvalue weighted by molar-refractivity contribution is 1.09. The molecule has 0 fully saturated rings. The summed E-state index contributed by atoms with van der Waals surface area (Å²) in [5.41, 5.74) is 2.73. The summed E-state index contributed by atoms with van der Waals surface area (Å²) in [6.07, 6.45) is 3.54. The summed E-state index contributed by atoms with van der Waals surface area (Å²) in [5, 5.41) is 4.03. The van der Waals surface area contributed by atoms with Crippen molar-refractivity contribution >= 4 is 17.3 Å². The molecule has 0 unspecified atom stereocenters. The van der Waals surface area contributed by atoms with Crippen molar-refractivity contribution in [3.8, 4) is 21.3 Å². The molecule has 3 rings (SSSR count). The van der Waals surface area contributed by atoms with Crippen LogP contribution in [-0.2, 0) is 0 Å². The molecule has 3 aromatic heterocycles. The third-order valence-corrected chi connectivity index (χ3v) is 4.11. The van der Waals surface area contributed by atoms with Gasteiger partial charge in [-0.3, -0.25) is 4.98 Å². The summed E-state index contributed by atoms with van der Waals surface area (Å²) in [5.74, 6) is 0.641. The predicted octanol–water partition coefficient (Wildman–Crippen LogP) is 3.40. The van der Waals surface area contributed by atoms with E-state index >= 15 is 0 Å². The van der Waals surface area contributed by atoms with Crippen molar-refractivity contribution in [3.63, 3.8) is 0 Å². The lowest BCUT2D eigenvalue weighted by Gasteiger charge is -2.02. The maximum atomic E-state index is 4.61. The molecule has 21 heavy (non-hydrogen) atoms. The van der Waals surface area contributed by atoms with Crippen molar-refractivity contribution in [2.45, 2.75) is 13.8 Å². The minimum absolute atomic E-state index is 0.641. The highest BCUT2D eigenvalue weighted by molar-refractivity contribution is 7.18. The summed E-state index contributed by atoms with van der Waals surface area (Å²) in [4.78, 5) is 18.7. The Morgan fingerprint density at radius 2 is 1.95 bits per heavy atom. The molecule has 3 aromatic rings. The van der Waals surface area contributed by atoms with Crippen LogP contribution in [0.5, 0.6) is 0 Å². The van der Waals surface area contributed by atoms with Crippen LogP contribution in [0.25, 0.3) is 21.3 Å². The van der Waals surface area contributed by atoms with Gasteiger partial charge in [-0.15, -0.1) is 11.3 Å². The zero-order valence-electron chi connectivity index (χ0n) is 11.9. The van der Waals surface area contributed by atoms with E-state index in [0.29, 0.717) is 5.95 Å². The summed E-state index contributed by atoms with van der Waals surface area (Å²) in [7, 11) is 0. The van der Waals surface area contributed by atoms with Crippen LogP contribution < -0.4 is 5.32 Å². The van der Waals surface area contributed by atoms with Gasteiger partial charge in [0.15, 0.2) is 0 Å². The van der Waals surface area contributed by atoms with Gasteiger partial charge in [-0.1, -0.05) is 6.07 Å². The van der Waals surface area contributed by atoms with Crippen molar-refractivity contribution in [2.75, 3.05) is 11.9 Å². The van der Waals surface area contributed by atoms with Crippen LogP contribution in [-0.4, -0.2) is 26.5 Å². The third kappa shape index (κ3) is 2.90. The Hall–Kier alpha value is -2.34. The van der Waals surface area contributed by atoms with Crippen molar-refractivity contribution in [1.29, 1.82) is 0 Å². The average Bonchev–Trinajstić information content (AvgIpc) is 2.91. The number of hydrogen-bond donors (Lipinski definition) is 1. The maximum Gasteiger partial charge on any atom is 0.223 e. The fourth-order valence-corrected chi connectivity index (χ4v) is 2.97. The molecule has 0 bridgehead atoms. The minimum Gasteiger partial charge on any atom is -0.354 e. The van der Waals surface area contributed by atoms with Gasteiger partial charge < -0.3 is 5.32 Å². The van der Waals surface area contributed by atoms with E-state index in [-0.39, 0.29) is 0 Å². The number of thiazole rings is 1. The van der Waals surface area contributed by atoms with Crippen molar-refractivity contribution < 1.29 is 0 Å². The zero-order valence-corrected chi connectivity index (χ0v) is 12.7. The highest BCUT2D eigenvalue weighted by Crippen LogP contribution is 2.33. The van der Waals surface area contributed by atoms with E-state index in [1.54, 1.807) is 23.7 Å². The van der Waals surface area contributed by atoms with Crippen LogP contribution in [0.3, 0.4) is 0 Å². The summed E-state index contributed by atoms with van der Waals surface area (Å²) in [6, 6.07) is 7.74. The number of pyridine rings is 1. The molecular formula is C15H15N5S. The fourth-order valence-electron chi connectivity index (χ4n) is 1.96. The topological polar surface area (TPSA) is 63.6 Å². The molecule has 0 aliphatic rings. The van der Waals surface area contributed by atoms with Crippen LogP contribution in [0.4, 0.5) is 5.95 Å². The number of rotatable bonds is 4. The van der Waals surface area contributed by atoms with E-state index in [2.05, 4.69) is 25.3 Å². The average molecular weight is 297 g/mol. The first-order valence-corrected chi connectivity index (χ1v) is 7.55. The smallest absolute Gasteiger partial charge is 0.223 e. The van der Waals surface area contributed by atoms with Gasteiger partial charge >= 0.3 is 0 Å². The lowest BCUT2D eigenvalue weighted by atomic mass is 10.3. The third-order valence-electron chi connectivity index (χ3n) is 2.90. The summed E-state index contributed by atoms with van der Waals surface area (Å²) < 4.78 is 0. The lowest BCUT2D eigenvalue weighted by Crippen LogP contribution is -2.01. The van der Waals surface area contributed by atoms with E-state index in [1.807, 2.05) is 38.1 Å². The van der Waals surface area contributed by atoms with E-state index in [4.69, 9.17) is 0 Å². The van der Waals surface area contributed by atoms with Gasteiger partial charge in [0, 0.05) is 18.9 Å². The maximum absolute atomic E-state index is 4.61. The van der Waals surface area contributed by atoms with E-state index in [9.17, 15) is 0 Å². The number of nitrogens with one attached hydrogen (secondary N) is 1. The highest BCUT2D eigenvalue weighted by Gasteiger charge is 2.13. The Balaban J connectivity index is 2.00. The van der Waals surface area contributed by atoms with Gasteiger partial charge in [0.05, 0.1) is 22.0 Å². The number of aromatic nitrogens is 4. The molecule has 0 amide bonds. The predicted molar refractivity (Wildman–Crippen MR) is 85.3 cm³/mol. The fraction of sp³-hybridized carbons (Fsp3) is 0.200. The monoisotopic (exact) mass is 297 g/mol. The molecule has 0 saturated carbocycles. The SMILES string of the molecule is CCNc1nccc(-c2sc(-c3ccccn3)nc2C)n1. The van der Waals surface area contributed by atoms with Crippen LogP contribution in [0, 0.1) is 6.92 Å². The number of anilines is 1. The second kappa shape index (κ2) is 5.97. The molecule has 106 valence electrons. The Kier molecular flexibility index (Phi) is 3.87. The summed E-state index contributed by atoms with van der Waals surface area (Å²) in [6.45, 7) is 4.81. The van der Waals surface area contributed by atoms with Crippen molar-refractivity contribution in [1.82, 2.24) is 19.9 Å². The van der Waals surface area contributed by atoms with Gasteiger partial charge in [0.25, 0.3) is 0 Å². The first kappa shape index (κ1) is 13.6. The molecule has 0 aliphatic heterocycles. The van der Waals surface area contributed by atoms with E-state index < -0.39 is 0 Å². The second-order valence-electron chi connectivity index (χ2n) is 4.44. The van der Waals surface area contributed by atoms with Crippen molar-refractivity contribution in [2.24, 2.45) is 0 Å². The van der Waals surface area contributed by atoms with Gasteiger partial charge in [0.2, 0.25) is 5.95 Å². The Morgan fingerprint density at radius 1 is 1.05 bits per heavy atom. The highest BCUT2D eigenvalue weighted by atomic mass is 32.1. The zero-order chi connectivity index (χ0) is 14.7. The van der Waals surface area contributed by atoms with E-state index in [1.165, 1.54) is 0 Å². The van der Waals surface area contributed by atoms with Crippen molar-refractivity contribution in [3.05, 3.63) is 42.4 Å². The minimum atomic E-state index is 0.641. The van der Waals surface area contributed by atoms with Gasteiger partial charge in [-0.2, -0.15) is 0 Å². The quantitative estimate of drug-likeness (QED) is 0.799. The molecular weight excluding hydrogens is 282 g/mol. The molecule has 6 heteroatoms. The number of hydrogen-bond acceptors (Lipinski definition) is 6. The first-order chi connectivity index (χ1) is 10.3. The van der Waals surface area contributed by atoms with Gasteiger partial charge in [0.1, 0.15) is 5.01 Å². The Labute approximate surface area is 127 Å².